The van der Waals surface area contributed by atoms with Crippen molar-refractivity contribution >= 4 is 36.3 Å². The highest BCUT2D eigenvalue weighted by molar-refractivity contribution is 7.69. The molecule has 1 unspecified atom stereocenters. The summed E-state index contributed by atoms with van der Waals surface area (Å²) in [4.78, 5) is 29.0. The van der Waals surface area contributed by atoms with Crippen LogP contribution < -0.4 is 14.2 Å². The number of amides is 2. The molecule has 3 aromatic carbocycles. The summed E-state index contributed by atoms with van der Waals surface area (Å²) in [5.41, 5.74) is 3.11. The summed E-state index contributed by atoms with van der Waals surface area (Å²) in [6.45, 7) is 7.15. The van der Waals surface area contributed by atoms with Crippen LogP contribution in [0.2, 0.25) is 0 Å². The second kappa shape index (κ2) is 9.59. The van der Waals surface area contributed by atoms with E-state index in [9.17, 15) is 9.59 Å². The normalized spacial score (nSPS) is 19.9. The molecule has 36 heavy (non-hydrogen) atoms. The molecule has 2 heterocycles. The lowest BCUT2D eigenvalue weighted by molar-refractivity contribution is -0.121. The molecule has 3 aromatic rings. The van der Waals surface area contributed by atoms with E-state index in [0.29, 0.717) is 18.8 Å². The third kappa shape index (κ3) is 3.94. The van der Waals surface area contributed by atoms with Crippen molar-refractivity contribution in [3.63, 3.8) is 0 Å². The number of anilines is 3. The van der Waals surface area contributed by atoms with Crippen molar-refractivity contribution < 1.29 is 14.2 Å². The number of aryl methyl sites for hydroxylation is 1. The van der Waals surface area contributed by atoms with E-state index in [1.54, 1.807) is 0 Å². The molecule has 0 bridgehead atoms. The van der Waals surface area contributed by atoms with Crippen molar-refractivity contribution in [3.05, 3.63) is 90.0 Å². The fourth-order valence-corrected chi connectivity index (χ4v) is 8.99. The minimum absolute atomic E-state index is 0.0748. The van der Waals surface area contributed by atoms with E-state index in [0.717, 1.165) is 28.9 Å². The fraction of sp³-hybridized carbons (Fsp3) is 0.310. The smallest absolute Gasteiger partial charge is 0.275 e. The molecule has 2 aliphatic rings. The van der Waals surface area contributed by atoms with Gasteiger partial charge in [0, 0.05) is 30.9 Å². The second-order valence-corrected chi connectivity index (χ2v) is 12.6. The summed E-state index contributed by atoms with van der Waals surface area (Å²) in [7, 11) is -3.58. The summed E-state index contributed by atoms with van der Waals surface area (Å²) >= 11 is 0. The molecule has 0 radical (unpaired) electrons. The van der Waals surface area contributed by atoms with Crippen LogP contribution in [0.25, 0.3) is 0 Å². The Morgan fingerprint density at radius 3 is 1.89 bits per heavy atom. The molecule has 0 spiro atoms. The average molecular weight is 502 g/mol. The van der Waals surface area contributed by atoms with Crippen LogP contribution in [0.5, 0.6) is 0 Å². The number of nitrogens with zero attached hydrogens (tertiary/aromatic N) is 3. The fourth-order valence-electron chi connectivity index (χ4n) is 5.48. The van der Waals surface area contributed by atoms with Crippen molar-refractivity contribution in [1.82, 2.24) is 0 Å². The Balaban J connectivity index is 1.65. The van der Waals surface area contributed by atoms with Gasteiger partial charge in [0.05, 0.1) is 5.69 Å². The first-order chi connectivity index (χ1) is 17.3. The first-order valence-electron chi connectivity index (χ1n) is 12.6. The van der Waals surface area contributed by atoms with Crippen molar-refractivity contribution in [3.8, 4) is 0 Å². The van der Waals surface area contributed by atoms with Crippen LogP contribution in [0.15, 0.2) is 78.9 Å². The summed E-state index contributed by atoms with van der Waals surface area (Å²) in [5.74, 6) is -0.529. The SMILES string of the molecule is Cc1cccc(C(C)C)c1N1C(=O)CC(P2(=O)N(c3ccccc3)CCCN2c2ccccc2)C1=O. The van der Waals surface area contributed by atoms with E-state index in [-0.39, 0.29) is 24.2 Å². The largest absolute Gasteiger partial charge is 0.306 e. The maximum atomic E-state index is 15.4. The molecule has 5 rings (SSSR count). The lowest BCUT2D eigenvalue weighted by Crippen LogP contribution is -2.46. The van der Waals surface area contributed by atoms with Gasteiger partial charge >= 0.3 is 0 Å². The standard InChI is InChI=1S/C29H32N3O3P/c1-21(2)25-17-10-12-22(3)28(25)32-27(33)20-26(29(32)34)36(35)30(23-13-6-4-7-14-23)18-11-19-31(36)24-15-8-5-9-16-24/h4-10,12-17,21,26H,11,18-20H2,1-3H3. The molecule has 6 nitrogen and oxygen atoms in total. The molecule has 0 saturated carbocycles. The van der Waals surface area contributed by atoms with Crippen LogP contribution in [-0.4, -0.2) is 30.6 Å². The van der Waals surface area contributed by atoms with Gasteiger partial charge in [-0.25, -0.2) is 4.90 Å². The van der Waals surface area contributed by atoms with E-state index in [1.165, 1.54) is 4.90 Å². The molecule has 2 saturated heterocycles. The van der Waals surface area contributed by atoms with Crippen LogP contribution in [0.1, 0.15) is 43.7 Å². The lowest BCUT2D eigenvalue weighted by atomic mass is 9.97. The molecular formula is C29H32N3O3P. The van der Waals surface area contributed by atoms with Gasteiger partial charge in [0.1, 0.15) is 5.66 Å². The van der Waals surface area contributed by atoms with E-state index in [4.69, 9.17) is 0 Å². The van der Waals surface area contributed by atoms with Crippen LogP contribution in [0.3, 0.4) is 0 Å². The number of carbonyl (C=O) groups excluding carboxylic acids is 2. The Labute approximate surface area is 213 Å². The topological polar surface area (TPSA) is 60.9 Å². The van der Waals surface area contributed by atoms with Gasteiger partial charge in [0.15, 0.2) is 0 Å². The first kappa shape index (κ1) is 24.3. The number of para-hydroxylation sites is 3. The van der Waals surface area contributed by atoms with Crippen LogP contribution in [-0.2, 0) is 14.2 Å². The Morgan fingerprint density at radius 1 is 0.806 bits per heavy atom. The van der Waals surface area contributed by atoms with E-state index < -0.39 is 13.1 Å². The van der Waals surface area contributed by atoms with Gasteiger partial charge in [-0.1, -0.05) is 68.4 Å². The zero-order valence-corrected chi connectivity index (χ0v) is 21.9. The maximum Gasteiger partial charge on any atom is 0.275 e. The van der Waals surface area contributed by atoms with Crippen molar-refractivity contribution in [2.45, 2.75) is 45.2 Å². The quantitative estimate of drug-likeness (QED) is 0.301. The summed E-state index contributed by atoms with van der Waals surface area (Å²) in [5, 5.41) is 0. The molecule has 0 N–H and O–H groups in total. The summed E-state index contributed by atoms with van der Waals surface area (Å²) < 4.78 is 19.2. The molecule has 2 aliphatic heterocycles. The van der Waals surface area contributed by atoms with E-state index in [1.807, 2.05) is 95.1 Å². The number of carbonyl (C=O) groups is 2. The van der Waals surface area contributed by atoms with Crippen molar-refractivity contribution in [2.75, 3.05) is 27.3 Å². The average Bonchev–Trinajstić information content (AvgIpc) is 3.19. The molecule has 186 valence electrons. The van der Waals surface area contributed by atoms with Crippen LogP contribution in [0, 0.1) is 6.92 Å². The first-order valence-corrected chi connectivity index (χ1v) is 14.2. The summed E-state index contributed by atoms with van der Waals surface area (Å²) in [6, 6.07) is 25.1. The van der Waals surface area contributed by atoms with E-state index in [2.05, 4.69) is 13.8 Å². The van der Waals surface area contributed by atoms with Crippen molar-refractivity contribution in [2.24, 2.45) is 0 Å². The minimum Gasteiger partial charge on any atom is -0.306 e. The second-order valence-electron chi connectivity index (χ2n) is 9.81. The number of benzene rings is 3. The molecule has 2 fully saturated rings. The van der Waals surface area contributed by atoms with Gasteiger partial charge in [0.25, 0.3) is 7.44 Å². The Kier molecular flexibility index (Phi) is 6.48. The number of imide groups is 1. The zero-order valence-electron chi connectivity index (χ0n) is 21.0. The highest BCUT2D eigenvalue weighted by Gasteiger charge is 2.57. The Bertz CT molecular complexity index is 1270. The lowest BCUT2D eigenvalue weighted by Gasteiger charge is -2.47. The van der Waals surface area contributed by atoms with Gasteiger partial charge in [-0.15, -0.1) is 0 Å². The van der Waals surface area contributed by atoms with Crippen molar-refractivity contribution in [1.29, 1.82) is 0 Å². The third-order valence-electron chi connectivity index (χ3n) is 7.18. The van der Waals surface area contributed by atoms with Gasteiger partial charge < -0.3 is 9.34 Å². The molecule has 1 atom stereocenters. The monoisotopic (exact) mass is 501 g/mol. The maximum absolute atomic E-state index is 15.4. The van der Waals surface area contributed by atoms with Crippen LogP contribution in [0.4, 0.5) is 17.1 Å². The van der Waals surface area contributed by atoms with Gasteiger partial charge in [-0.2, -0.15) is 0 Å². The van der Waals surface area contributed by atoms with Gasteiger partial charge in [-0.3, -0.25) is 14.2 Å². The highest BCUT2D eigenvalue weighted by atomic mass is 31.2. The van der Waals surface area contributed by atoms with Gasteiger partial charge in [0.2, 0.25) is 11.8 Å². The molecular weight excluding hydrogens is 469 g/mol. The van der Waals surface area contributed by atoms with Crippen LogP contribution >= 0.6 is 7.44 Å². The minimum atomic E-state index is -3.58. The molecule has 0 aliphatic carbocycles. The Hall–Kier alpha value is -3.37. The predicted molar refractivity (Wildman–Crippen MR) is 146 cm³/mol. The molecule has 7 heteroatoms. The molecule has 0 aromatic heterocycles. The predicted octanol–water partition coefficient (Wildman–Crippen LogP) is 6.36. The van der Waals surface area contributed by atoms with E-state index >= 15 is 4.57 Å². The number of hydrogen-bond acceptors (Lipinski definition) is 3. The third-order valence-corrected chi connectivity index (χ3v) is 10.6. The Morgan fingerprint density at radius 2 is 1.36 bits per heavy atom. The summed E-state index contributed by atoms with van der Waals surface area (Å²) in [6.07, 6.45) is 0.719. The zero-order chi connectivity index (χ0) is 25.4. The number of rotatable bonds is 5. The number of hydrogen-bond donors (Lipinski definition) is 0. The highest BCUT2D eigenvalue weighted by Crippen LogP contribution is 2.64. The molecule has 2 amide bonds. The van der Waals surface area contributed by atoms with Gasteiger partial charge in [-0.05, 0) is 54.7 Å².